The fraction of sp³-hybridized carbons (Fsp3) is 0.0714. The van der Waals surface area contributed by atoms with Gasteiger partial charge in [-0.25, -0.2) is 9.48 Å². The number of aromatic carboxylic acids is 1. The van der Waals surface area contributed by atoms with E-state index in [1.807, 2.05) is 0 Å². The largest absolute Gasteiger partial charge is 0.478 e. The van der Waals surface area contributed by atoms with E-state index in [4.69, 9.17) is 5.11 Å². The van der Waals surface area contributed by atoms with E-state index in [0.717, 1.165) is 5.59 Å². The van der Waals surface area contributed by atoms with Crippen LogP contribution in [0, 0.1) is 0 Å². The van der Waals surface area contributed by atoms with Crippen LogP contribution in [0.4, 0.5) is 13.2 Å². The van der Waals surface area contributed by atoms with Crippen LogP contribution >= 0.6 is 0 Å². The number of hydrogen-bond acceptors (Lipinski definition) is 3. The summed E-state index contributed by atoms with van der Waals surface area (Å²) in [5, 5.41) is 13.1. The Balaban J connectivity index is 2.34. The third-order valence-corrected chi connectivity index (χ3v) is 3.34. The molecule has 23 heavy (non-hydrogen) atoms. The molecule has 2 aromatic heterocycles. The average Bonchev–Trinajstić information content (AvgIpc) is 2.91. The van der Waals surface area contributed by atoms with E-state index in [-0.39, 0.29) is 5.69 Å². The minimum Gasteiger partial charge on any atom is -0.478 e. The van der Waals surface area contributed by atoms with Gasteiger partial charge in [0.1, 0.15) is 5.56 Å². The van der Waals surface area contributed by atoms with Gasteiger partial charge >= 0.3 is 12.1 Å². The van der Waals surface area contributed by atoms with E-state index >= 15 is 0 Å². The van der Waals surface area contributed by atoms with Crippen molar-refractivity contribution in [3.63, 3.8) is 0 Å². The van der Waals surface area contributed by atoms with Gasteiger partial charge < -0.3 is 5.11 Å². The van der Waals surface area contributed by atoms with E-state index < -0.39 is 23.4 Å². The van der Waals surface area contributed by atoms with Crippen LogP contribution in [0.3, 0.4) is 0 Å². The molecule has 0 atom stereocenters. The van der Waals surface area contributed by atoms with E-state index in [0.29, 0.717) is 21.8 Å². The minimum absolute atomic E-state index is 0.120. The second-order valence-corrected chi connectivity index (χ2v) is 4.92. The van der Waals surface area contributed by atoms with Crippen LogP contribution in [0.5, 0.6) is 0 Å². The van der Waals surface area contributed by atoms with Crippen molar-refractivity contribution in [2.24, 2.45) is 0 Å². The van der Waals surface area contributed by atoms with Crippen LogP contribution in [0.2, 0.25) is 0 Å². The number of hydrogen-bond donors (Lipinski definition) is 1. The molecule has 0 bridgehead atoms. The molecular formula is C14H9BF3N3O2. The van der Waals surface area contributed by atoms with E-state index in [9.17, 15) is 18.0 Å². The molecule has 0 aliphatic carbocycles. The number of benzene rings is 1. The number of aromatic nitrogens is 3. The first kappa shape index (κ1) is 15.1. The SMILES string of the molecule is Bc1ccc2c(-n3ncc(C(=O)O)c3C(F)(F)F)cccc2n1. The molecule has 0 radical (unpaired) electrons. The van der Waals surface area contributed by atoms with Crippen LogP contribution in [0.15, 0.2) is 36.5 Å². The van der Waals surface area contributed by atoms with Gasteiger partial charge in [-0.05, 0) is 23.8 Å². The van der Waals surface area contributed by atoms with Crippen molar-refractivity contribution in [3.8, 4) is 5.69 Å². The van der Waals surface area contributed by atoms with Gasteiger partial charge in [-0.2, -0.15) is 18.3 Å². The van der Waals surface area contributed by atoms with E-state index in [1.165, 1.54) is 6.07 Å². The molecule has 0 saturated heterocycles. The van der Waals surface area contributed by atoms with Gasteiger partial charge in [-0.15, -0.1) is 0 Å². The zero-order valence-corrected chi connectivity index (χ0v) is 11.8. The fourth-order valence-electron chi connectivity index (χ4n) is 2.39. The third kappa shape index (κ3) is 2.54. The fourth-order valence-corrected chi connectivity index (χ4v) is 2.39. The quantitative estimate of drug-likeness (QED) is 0.725. The zero-order chi connectivity index (χ0) is 16.8. The summed E-state index contributed by atoms with van der Waals surface area (Å²) < 4.78 is 40.5. The molecule has 3 aromatic rings. The minimum atomic E-state index is -4.86. The van der Waals surface area contributed by atoms with Crippen molar-refractivity contribution < 1.29 is 23.1 Å². The Labute approximate surface area is 128 Å². The lowest BCUT2D eigenvalue weighted by atomic mass is 10.0. The number of alkyl halides is 3. The molecule has 0 aliphatic heterocycles. The summed E-state index contributed by atoms with van der Waals surface area (Å²) in [7, 11) is 1.77. The highest BCUT2D eigenvalue weighted by atomic mass is 19.4. The average molecular weight is 319 g/mol. The molecule has 1 aromatic carbocycles. The van der Waals surface area contributed by atoms with Crippen molar-refractivity contribution in [1.29, 1.82) is 0 Å². The van der Waals surface area contributed by atoms with Crippen LogP contribution in [0.1, 0.15) is 16.1 Å². The lowest BCUT2D eigenvalue weighted by Crippen LogP contribution is -2.17. The molecule has 116 valence electrons. The number of nitrogens with zero attached hydrogens (tertiary/aromatic N) is 3. The molecule has 2 heterocycles. The highest BCUT2D eigenvalue weighted by Crippen LogP contribution is 2.34. The maximum absolute atomic E-state index is 13.3. The summed E-state index contributed by atoms with van der Waals surface area (Å²) >= 11 is 0. The molecule has 0 aliphatic rings. The molecule has 0 fully saturated rings. The van der Waals surface area contributed by atoms with Crippen LogP contribution in [-0.4, -0.2) is 33.7 Å². The normalized spacial score (nSPS) is 11.8. The molecule has 0 spiro atoms. The summed E-state index contributed by atoms with van der Waals surface area (Å²) in [6.07, 6.45) is -4.16. The third-order valence-electron chi connectivity index (χ3n) is 3.34. The Morgan fingerprint density at radius 2 is 1.96 bits per heavy atom. The lowest BCUT2D eigenvalue weighted by molar-refractivity contribution is -0.143. The standard InChI is InChI=1S/C14H9BF3N3O2/c15-11-5-4-7-9(20-11)2-1-3-10(7)21-12(14(16,17)18)8(6-19-21)13(22)23/h1-6H,15H2,(H,22,23). The number of rotatable bonds is 2. The maximum atomic E-state index is 13.3. The van der Waals surface area contributed by atoms with Gasteiger partial charge in [-0.1, -0.05) is 12.1 Å². The molecule has 0 saturated carbocycles. The Morgan fingerprint density at radius 1 is 1.22 bits per heavy atom. The monoisotopic (exact) mass is 319 g/mol. The Kier molecular flexibility index (Phi) is 3.35. The van der Waals surface area contributed by atoms with Gasteiger partial charge in [-0.3, -0.25) is 4.98 Å². The van der Waals surface area contributed by atoms with Crippen LogP contribution < -0.4 is 5.59 Å². The van der Waals surface area contributed by atoms with E-state index in [2.05, 4.69) is 10.1 Å². The zero-order valence-electron chi connectivity index (χ0n) is 11.8. The second-order valence-electron chi connectivity index (χ2n) is 4.92. The maximum Gasteiger partial charge on any atom is 0.434 e. The van der Waals surface area contributed by atoms with Gasteiger partial charge in [0.25, 0.3) is 0 Å². The molecule has 0 unspecified atom stereocenters. The van der Waals surface area contributed by atoms with Crippen molar-refractivity contribution in [3.05, 3.63) is 47.8 Å². The van der Waals surface area contributed by atoms with E-state index in [1.54, 1.807) is 32.1 Å². The van der Waals surface area contributed by atoms with Gasteiger partial charge in [0.2, 0.25) is 0 Å². The van der Waals surface area contributed by atoms with Crippen LogP contribution in [0.25, 0.3) is 16.6 Å². The summed E-state index contributed by atoms with van der Waals surface area (Å²) in [6.45, 7) is 0. The Morgan fingerprint density at radius 3 is 2.61 bits per heavy atom. The summed E-state index contributed by atoms with van der Waals surface area (Å²) in [5.41, 5.74) is -0.872. The number of carboxylic acids is 1. The predicted octanol–water partition coefficient (Wildman–Crippen LogP) is 1.40. The van der Waals surface area contributed by atoms with Crippen molar-refractivity contribution >= 4 is 30.3 Å². The van der Waals surface area contributed by atoms with Gasteiger partial charge in [0, 0.05) is 5.39 Å². The summed E-state index contributed by atoms with van der Waals surface area (Å²) in [6, 6.07) is 7.95. The first-order valence-corrected chi connectivity index (χ1v) is 6.54. The predicted molar refractivity (Wildman–Crippen MR) is 79.0 cm³/mol. The number of carboxylic acid groups (broad SMARTS) is 1. The van der Waals surface area contributed by atoms with Gasteiger partial charge in [0.15, 0.2) is 13.5 Å². The first-order valence-electron chi connectivity index (χ1n) is 6.54. The topological polar surface area (TPSA) is 68.0 Å². The van der Waals surface area contributed by atoms with Crippen LogP contribution in [-0.2, 0) is 6.18 Å². The summed E-state index contributed by atoms with van der Waals surface area (Å²) in [5.74, 6) is -1.68. The molecule has 5 nitrogen and oxygen atoms in total. The molecule has 1 N–H and O–H groups in total. The molecular weight excluding hydrogens is 310 g/mol. The highest BCUT2D eigenvalue weighted by Gasteiger charge is 2.40. The molecule has 0 amide bonds. The Hall–Kier alpha value is -2.84. The number of fused-ring (bicyclic) bond motifs is 1. The van der Waals surface area contributed by atoms with Crippen molar-refractivity contribution in [2.75, 3.05) is 0 Å². The van der Waals surface area contributed by atoms with Crippen molar-refractivity contribution in [2.45, 2.75) is 6.18 Å². The highest BCUT2D eigenvalue weighted by molar-refractivity contribution is 6.31. The van der Waals surface area contributed by atoms with Crippen molar-refractivity contribution in [1.82, 2.24) is 14.8 Å². The number of halogens is 3. The summed E-state index contributed by atoms with van der Waals surface area (Å²) in [4.78, 5) is 15.3. The number of carbonyl (C=O) groups is 1. The second kappa shape index (κ2) is 5.11. The first-order chi connectivity index (χ1) is 10.8. The number of pyridine rings is 1. The Bertz CT molecular complexity index is 921. The molecule has 3 rings (SSSR count). The smallest absolute Gasteiger partial charge is 0.434 e. The lowest BCUT2D eigenvalue weighted by Gasteiger charge is -2.13. The van der Waals surface area contributed by atoms with Gasteiger partial charge in [0.05, 0.1) is 17.4 Å². The molecule has 9 heteroatoms.